The molecule has 1 aromatic rings. The van der Waals surface area contributed by atoms with Crippen molar-refractivity contribution in [3.05, 3.63) is 30.1 Å². The fourth-order valence-electron chi connectivity index (χ4n) is 0.976. The highest BCUT2D eigenvalue weighted by molar-refractivity contribution is 5.81. The predicted octanol–water partition coefficient (Wildman–Crippen LogP) is 0.306. The molecule has 0 saturated heterocycles. The first-order valence-corrected chi connectivity index (χ1v) is 4.58. The zero-order valence-corrected chi connectivity index (χ0v) is 8.45. The smallest absolute Gasteiger partial charge is 0.237 e. The summed E-state index contributed by atoms with van der Waals surface area (Å²) >= 11 is 0. The lowest BCUT2D eigenvalue weighted by atomic mass is 10.2. The molecule has 76 valence electrons. The highest BCUT2D eigenvalue weighted by Crippen LogP contribution is 1.94. The number of nitrogens with zero attached hydrogens (tertiary/aromatic N) is 1. The zero-order valence-electron chi connectivity index (χ0n) is 8.45. The lowest BCUT2D eigenvalue weighted by molar-refractivity contribution is -0.122. The molecule has 0 aliphatic heterocycles. The van der Waals surface area contributed by atoms with Gasteiger partial charge in [-0.1, -0.05) is 6.07 Å². The van der Waals surface area contributed by atoms with Gasteiger partial charge in [-0.25, -0.2) is 0 Å². The van der Waals surface area contributed by atoms with Crippen LogP contribution in [0, 0.1) is 0 Å². The predicted molar refractivity (Wildman–Crippen MR) is 54.6 cm³/mol. The first-order valence-electron chi connectivity index (χ1n) is 4.58. The van der Waals surface area contributed by atoms with Crippen LogP contribution >= 0.6 is 0 Å². The number of hydrogen-bond acceptors (Lipinski definition) is 3. The van der Waals surface area contributed by atoms with E-state index in [0.29, 0.717) is 6.54 Å². The number of nitrogens with one attached hydrogen (secondary N) is 2. The number of carbonyl (C=O) groups is 1. The third-order valence-electron chi connectivity index (χ3n) is 2.02. The minimum atomic E-state index is -0.160. The fourth-order valence-corrected chi connectivity index (χ4v) is 0.976. The van der Waals surface area contributed by atoms with Gasteiger partial charge in [-0.15, -0.1) is 0 Å². The topological polar surface area (TPSA) is 54.0 Å². The number of hydrogen-bond donors (Lipinski definition) is 2. The molecule has 2 N–H and O–H groups in total. The van der Waals surface area contributed by atoms with Gasteiger partial charge >= 0.3 is 0 Å². The van der Waals surface area contributed by atoms with Crippen molar-refractivity contribution in [2.75, 3.05) is 7.05 Å². The molecular weight excluding hydrogens is 178 g/mol. The minimum absolute atomic E-state index is 0.00338. The fraction of sp³-hybridized carbons (Fsp3) is 0.400. The molecule has 0 fully saturated rings. The normalized spacial score (nSPS) is 12.1. The monoisotopic (exact) mass is 193 g/mol. The Balaban J connectivity index is 2.38. The number of rotatable bonds is 4. The van der Waals surface area contributed by atoms with Gasteiger partial charge < -0.3 is 10.6 Å². The van der Waals surface area contributed by atoms with Gasteiger partial charge in [0, 0.05) is 18.9 Å². The van der Waals surface area contributed by atoms with Gasteiger partial charge in [-0.2, -0.15) is 0 Å². The van der Waals surface area contributed by atoms with Crippen molar-refractivity contribution < 1.29 is 4.79 Å². The quantitative estimate of drug-likeness (QED) is 0.723. The van der Waals surface area contributed by atoms with Crippen LogP contribution in [0.25, 0.3) is 0 Å². The summed E-state index contributed by atoms with van der Waals surface area (Å²) in [5.41, 5.74) is 1.00. The van der Waals surface area contributed by atoms with Crippen molar-refractivity contribution in [2.24, 2.45) is 0 Å². The lowest BCUT2D eigenvalue weighted by Crippen LogP contribution is -2.39. The summed E-state index contributed by atoms with van der Waals surface area (Å²) in [7, 11) is 1.76. The highest BCUT2D eigenvalue weighted by Gasteiger charge is 2.08. The van der Waals surface area contributed by atoms with Crippen LogP contribution in [0.2, 0.25) is 0 Å². The Kier molecular flexibility index (Phi) is 4.07. The molecule has 0 unspecified atom stereocenters. The summed E-state index contributed by atoms with van der Waals surface area (Å²) in [5, 5.41) is 5.68. The largest absolute Gasteiger partial charge is 0.351 e. The maximum absolute atomic E-state index is 11.4. The van der Waals surface area contributed by atoms with Crippen LogP contribution in [0.1, 0.15) is 12.5 Å². The Morgan fingerprint density at radius 3 is 3.00 bits per heavy atom. The van der Waals surface area contributed by atoms with Crippen molar-refractivity contribution in [1.82, 2.24) is 15.6 Å². The Bertz CT molecular complexity index is 287. The van der Waals surface area contributed by atoms with Crippen LogP contribution in [0.3, 0.4) is 0 Å². The van der Waals surface area contributed by atoms with E-state index < -0.39 is 0 Å². The molecule has 0 spiro atoms. The maximum atomic E-state index is 11.4. The molecule has 1 amide bonds. The van der Waals surface area contributed by atoms with Crippen LogP contribution in [0.5, 0.6) is 0 Å². The van der Waals surface area contributed by atoms with Gasteiger partial charge in [-0.3, -0.25) is 9.78 Å². The second kappa shape index (κ2) is 5.34. The van der Waals surface area contributed by atoms with E-state index in [1.165, 1.54) is 0 Å². The molecule has 0 saturated carbocycles. The van der Waals surface area contributed by atoms with Gasteiger partial charge in [0.15, 0.2) is 0 Å². The van der Waals surface area contributed by atoms with E-state index in [2.05, 4.69) is 15.6 Å². The summed E-state index contributed by atoms with van der Waals surface area (Å²) in [4.78, 5) is 15.3. The third-order valence-corrected chi connectivity index (χ3v) is 2.02. The van der Waals surface area contributed by atoms with Crippen LogP contribution < -0.4 is 10.6 Å². The van der Waals surface area contributed by atoms with E-state index >= 15 is 0 Å². The SMILES string of the molecule is CN[C@H](C)C(=O)NCc1cccnc1. The van der Waals surface area contributed by atoms with E-state index in [4.69, 9.17) is 0 Å². The Labute approximate surface area is 83.7 Å². The summed E-state index contributed by atoms with van der Waals surface area (Å²) in [6.45, 7) is 2.34. The van der Waals surface area contributed by atoms with Crippen molar-refractivity contribution in [2.45, 2.75) is 19.5 Å². The van der Waals surface area contributed by atoms with Crippen LogP contribution in [-0.2, 0) is 11.3 Å². The molecule has 1 heterocycles. The molecule has 14 heavy (non-hydrogen) atoms. The van der Waals surface area contributed by atoms with E-state index in [9.17, 15) is 4.79 Å². The average molecular weight is 193 g/mol. The number of likely N-dealkylation sites (N-methyl/N-ethyl adjacent to an activating group) is 1. The summed E-state index contributed by atoms with van der Waals surface area (Å²) in [5.74, 6) is -0.00338. The zero-order chi connectivity index (χ0) is 10.4. The van der Waals surface area contributed by atoms with Crippen molar-refractivity contribution >= 4 is 5.91 Å². The molecular formula is C10H15N3O. The molecule has 0 radical (unpaired) electrons. The van der Waals surface area contributed by atoms with Gasteiger partial charge in [0.1, 0.15) is 0 Å². The molecule has 1 atom stereocenters. The summed E-state index contributed by atoms with van der Waals surface area (Å²) < 4.78 is 0. The van der Waals surface area contributed by atoms with Crippen molar-refractivity contribution in [3.63, 3.8) is 0 Å². The average Bonchev–Trinajstić information content (AvgIpc) is 2.26. The molecule has 1 aromatic heterocycles. The van der Waals surface area contributed by atoms with E-state index in [0.717, 1.165) is 5.56 Å². The standard InChI is InChI=1S/C10H15N3O/c1-8(11-2)10(14)13-7-9-4-3-5-12-6-9/h3-6,8,11H,7H2,1-2H3,(H,13,14)/t8-/m1/s1. The van der Waals surface area contributed by atoms with Crippen molar-refractivity contribution in [3.8, 4) is 0 Å². The summed E-state index contributed by atoms with van der Waals surface area (Å²) in [6, 6.07) is 3.62. The minimum Gasteiger partial charge on any atom is -0.351 e. The number of carbonyl (C=O) groups excluding carboxylic acids is 1. The molecule has 1 rings (SSSR count). The van der Waals surface area contributed by atoms with Gasteiger partial charge in [0.25, 0.3) is 0 Å². The number of aromatic nitrogens is 1. The second-order valence-electron chi connectivity index (χ2n) is 3.09. The molecule has 0 bridgehead atoms. The molecule has 4 heteroatoms. The molecule has 0 aliphatic rings. The molecule has 0 aliphatic carbocycles. The van der Waals surface area contributed by atoms with Gasteiger partial charge in [0.2, 0.25) is 5.91 Å². The van der Waals surface area contributed by atoms with Crippen LogP contribution in [0.15, 0.2) is 24.5 Å². The number of amides is 1. The lowest BCUT2D eigenvalue weighted by Gasteiger charge is -2.10. The molecule has 4 nitrogen and oxygen atoms in total. The number of pyridine rings is 1. The van der Waals surface area contributed by atoms with E-state index in [1.807, 2.05) is 19.1 Å². The van der Waals surface area contributed by atoms with Gasteiger partial charge in [0.05, 0.1) is 6.04 Å². The Morgan fingerprint density at radius 2 is 2.43 bits per heavy atom. The molecule has 0 aromatic carbocycles. The highest BCUT2D eigenvalue weighted by atomic mass is 16.2. The first-order chi connectivity index (χ1) is 6.74. The maximum Gasteiger partial charge on any atom is 0.237 e. The van der Waals surface area contributed by atoms with Crippen LogP contribution in [0.4, 0.5) is 0 Å². The van der Waals surface area contributed by atoms with E-state index in [-0.39, 0.29) is 11.9 Å². The van der Waals surface area contributed by atoms with Gasteiger partial charge in [-0.05, 0) is 25.6 Å². The Morgan fingerprint density at radius 1 is 1.64 bits per heavy atom. The van der Waals surface area contributed by atoms with E-state index in [1.54, 1.807) is 19.4 Å². The Hall–Kier alpha value is -1.42. The first kappa shape index (κ1) is 10.7. The van der Waals surface area contributed by atoms with Crippen LogP contribution in [-0.4, -0.2) is 24.0 Å². The van der Waals surface area contributed by atoms with Crippen molar-refractivity contribution in [1.29, 1.82) is 0 Å². The summed E-state index contributed by atoms with van der Waals surface area (Å²) in [6.07, 6.45) is 3.45. The third kappa shape index (κ3) is 3.14. The second-order valence-corrected chi connectivity index (χ2v) is 3.09.